The van der Waals surface area contributed by atoms with Crippen molar-refractivity contribution in [1.29, 1.82) is 0 Å². The molecular weight excluding hydrogens is 122 g/mol. The summed E-state index contributed by atoms with van der Waals surface area (Å²) in [6.07, 6.45) is 2.00. The minimum absolute atomic E-state index is 0.0417. The molecule has 0 amide bonds. The molecule has 0 aliphatic carbocycles. The molecule has 0 aromatic heterocycles. The monoisotopic (exact) mass is 129 g/mol. The summed E-state index contributed by atoms with van der Waals surface area (Å²) in [6.45, 7) is 0. The molecule has 1 aliphatic rings. The molecule has 0 aromatic rings. The van der Waals surface area contributed by atoms with Gasteiger partial charge in [-0.2, -0.15) is 0 Å². The second kappa shape index (κ2) is 2.48. The van der Waals surface area contributed by atoms with E-state index in [4.69, 9.17) is 5.11 Å². The topological polar surface area (TPSA) is 58.9 Å². The maximum Gasteiger partial charge on any atom is 0.307 e. The van der Waals surface area contributed by atoms with Gasteiger partial charge in [0, 0.05) is 12.6 Å². The Bertz CT molecular complexity index is 135. The Morgan fingerprint density at radius 2 is 2.78 bits per heavy atom. The zero-order valence-electron chi connectivity index (χ0n) is 4.78. The van der Waals surface area contributed by atoms with Gasteiger partial charge in [-0.05, 0) is 0 Å². The van der Waals surface area contributed by atoms with Crippen LogP contribution in [0.3, 0.4) is 0 Å². The zero-order valence-corrected chi connectivity index (χ0v) is 4.78. The van der Waals surface area contributed by atoms with Crippen LogP contribution in [0.15, 0.2) is 5.16 Å². The van der Waals surface area contributed by atoms with E-state index in [2.05, 4.69) is 9.99 Å². The number of oxime groups is 1. The first kappa shape index (κ1) is 6.07. The lowest BCUT2D eigenvalue weighted by Gasteiger charge is -2.01. The molecule has 0 saturated carbocycles. The van der Waals surface area contributed by atoms with Crippen molar-refractivity contribution in [2.45, 2.75) is 18.9 Å². The van der Waals surface area contributed by atoms with Gasteiger partial charge in [-0.15, -0.1) is 0 Å². The van der Waals surface area contributed by atoms with Crippen molar-refractivity contribution in [2.75, 3.05) is 0 Å². The van der Waals surface area contributed by atoms with E-state index in [1.807, 2.05) is 0 Å². The van der Waals surface area contributed by atoms with Crippen molar-refractivity contribution in [3.8, 4) is 0 Å². The Kier molecular flexibility index (Phi) is 1.67. The van der Waals surface area contributed by atoms with Gasteiger partial charge in [-0.25, -0.2) is 0 Å². The fraction of sp³-hybridized carbons (Fsp3) is 0.600. The molecular formula is C5H7NO3. The third kappa shape index (κ3) is 1.71. The van der Waals surface area contributed by atoms with Crippen molar-refractivity contribution in [2.24, 2.45) is 5.16 Å². The largest absolute Gasteiger partial charge is 0.481 e. The van der Waals surface area contributed by atoms with E-state index in [0.717, 1.165) is 0 Å². The number of carboxylic acid groups (broad SMARTS) is 1. The molecule has 0 aromatic carbocycles. The summed E-state index contributed by atoms with van der Waals surface area (Å²) in [5.74, 6) is -0.842. The molecule has 0 saturated heterocycles. The van der Waals surface area contributed by atoms with Crippen LogP contribution in [0.1, 0.15) is 12.8 Å². The Morgan fingerprint density at radius 3 is 3.22 bits per heavy atom. The lowest BCUT2D eigenvalue weighted by molar-refractivity contribution is -0.139. The summed E-state index contributed by atoms with van der Waals surface area (Å²) in [5, 5.41) is 11.7. The highest BCUT2D eigenvalue weighted by atomic mass is 16.6. The molecule has 1 atom stereocenters. The summed E-state index contributed by atoms with van der Waals surface area (Å²) in [7, 11) is 0. The first-order valence-corrected chi connectivity index (χ1v) is 2.68. The van der Waals surface area contributed by atoms with Crippen LogP contribution in [-0.4, -0.2) is 23.4 Å². The minimum atomic E-state index is -0.842. The number of carboxylic acids is 1. The lowest BCUT2D eigenvalue weighted by atomic mass is 10.2. The third-order valence-electron chi connectivity index (χ3n) is 1.06. The lowest BCUT2D eigenvalue weighted by Crippen LogP contribution is -2.11. The number of aliphatic carboxylic acids is 1. The summed E-state index contributed by atoms with van der Waals surface area (Å²) >= 11 is 0. The van der Waals surface area contributed by atoms with Gasteiger partial charge in [0.2, 0.25) is 0 Å². The molecule has 4 nitrogen and oxygen atoms in total. The van der Waals surface area contributed by atoms with E-state index in [9.17, 15) is 4.79 Å². The zero-order chi connectivity index (χ0) is 6.69. The van der Waals surface area contributed by atoms with Gasteiger partial charge in [0.1, 0.15) is 6.10 Å². The highest BCUT2D eigenvalue weighted by molar-refractivity contribution is 5.69. The molecule has 4 heteroatoms. The van der Waals surface area contributed by atoms with E-state index in [-0.39, 0.29) is 12.5 Å². The van der Waals surface area contributed by atoms with Gasteiger partial charge < -0.3 is 9.94 Å². The van der Waals surface area contributed by atoms with Gasteiger partial charge in [0.05, 0.1) is 6.42 Å². The molecule has 9 heavy (non-hydrogen) atoms. The Morgan fingerprint density at radius 1 is 2.00 bits per heavy atom. The van der Waals surface area contributed by atoms with Crippen molar-refractivity contribution in [3.05, 3.63) is 0 Å². The summed E-state index contributed by atoms with van der Waals surface area (Å²) in [4.78, 5) is 14.7. The molecule has 1 N–H and O–H groups in total. The second-order valence-electron chi connectivity index (χ2n) is 1.85. The van der Waals surface area contributed by atoms with Gasteiger partial charge in [-0.1, -0.05) is 5.16 Å². The van der Waals surface area contributed by atoms with E-state index in [0.29, 0.717) is 6.42 Å². The SMILES string of the molecule is O=C(O)CC1CC=NO1. The predicted molar refractivity (Wildman–Crippen MR) is 30.2 cm³/mol. The van der Waals surface area contributed by atoms with Crippen LogP contribution in [0.2, 0.25) is 0 Å². The van der Waals surface area contributed by atoms with Crippen LogP contribution in [0.4, 0.5) is 0 Å². The van der Waals surface area contributed by atoms with Crippen LogP contribution in [0.5, 0.6) is 0 Å². The number of carbonyl (C=O) groups is 1. The molecule has 1 unspecified atom stereocenters. The first-order valence-electron chi connectivity index (χ1n) is 2.68. The molecule has 0 fully saturated rings. The van der Waals surface area contributed by atoms with Gasteiger partial charge >= 0.3 is 5.97 Å². The highest BCUT2D eigenvalue weighted by Crippen LogP contribution is 2.07. The maximum absolute atomic E-state index is 10.0. The summed E-state index contributed by atoms with van der Waals surface area (Å²) < 4.78 is 0. The molecule has 0 spiro atoms. The van der Waals surface area contributed by atoms with Crippen LogP contribution in [-0.2, 0) is 9.63 Å². The van der Waals surface area contributed by atoms with Crippen LogP contribution < -0.4 is 0 Å². The Labute approximate surface area is 52.1 Å². The Hall–Kier alpha value is -1.06. The van der Waals surface area contributed by atoms with E-state index < -0.39 is 5.97 Å². The molecule has 1 rings (SSSR count). The van der Waals surface area contributed by atoms with E-state index in [1.165, 1.54) is 0 Å². The molecule has 1 aliphatic heterocycles. The van der Waals surface area contributed by atoms with Crippen molar-refractivity contribution < 1.29 is 14.7 Å². The smallest absolute Gasteiger partial charge is 0.307 e. The van der Waals surface area contributed by atoms with Gasteiger partial charge in [-0.3, -0.25) is 4.79 Å². The van der Waals surface area contributed by atoms with E-state index >= 15 is 0 Å². The molecule has 50 valence electrons. The number of nitrogens with zero attached hydrogens (tertiary/aromatic N) is 1. The van der Waals surface area contributed by atoms with Gasteiger partial charge in [0.15, 0.2) is 0 Å². The number of hydrogen-bond donors (Lipinski definition) is 1. The predicted octanol–water partition coefficient (Wildman–Crippen LogP) is 0.236. The standard InChI is InChI=1S/C5H7NO3/c7-5(8)3-4-1-2-6-9-4/h2,4H,1,3H2,(H,7,8). The Balaban J connectivity index is 2.22. The maximum atomic E-state index is 10.0. The van der Waals surface area contributed by atoms with Crippen molar-refractivity contribution >= 4 is 12.2 Å². The van der Waals surface area contributed by atoms with E-state index in [1.54, 1.807) is 6.21 Å². The fourth-order valence-corrected chi connectivity index (χ4v) is 0.648. The van der Waals surface area contributed by atoms with Crippen LogP contribution in [0, 0.1) is 0 Å². The third-order valence-corrected chi connectivity index (χ3v) is 1.06. The van der Waals surface area contributed by atoms with Crippen LogP contribution >= 0.6 is 0 Å². The quantitative estimate of drug-likeness (QED) is 0.580. The first-order chi connectivity index (χ1) is 4.29. The summed E-state index contributed by atoms with van der Waals surface area (Å²) in [5.41, 5.74) is 0. The van der Waals surface area contributed by atoms with Crippen molar-refractivity contribution in [3.63, 3.8) is 0 Å². The van der Waals surface area contributed by atoms with Crippen LogP contribution in [0.25, 0.3) is 0 Å². The van der Waals surface area contributed by atoms with Gasteiger partial charge in [0.25, 0.3) is 0 Å². The molecule has 0 bridgehead atoms. The average Bonchev–Trinajstić information content (AvgIpc) is 2.15. The van der Waals surface area contributed by atoms with Crippen molar-refractivity contribution in [1.82, 2.24) is 0 Å². The number of hydrogen-bond acceptors (Lipinski definition) is 3. The number of rotatable bonds is 2. The summed E-state index contributed by atoms with van der Waals surface area (Å²) in [6, 6.07) is 0. The average molecular weight is 129 g/mol. The fourth-order valence-electron chi connectivity index (χ4n) is 0.648. The minimum Gasteiger partial charge on any atom is -0.481 e. The molecule has 1 heterocycles. The highest BCUT2D eigenvalue weighted by Gasteiger charge is 2.16. The normalized spacial score (nSPS) is 23.8. The second-order valence-corrected chi connectivity index (χ2v) is 1.85. The molecule has 0 radical (unpaired) electrons.